The fraction of sp³-hybridized carbons (Fsp3) is 0.150. The minimum absolute atomic E-state index is 0.882. The third-order valence-corrected chi connectivity index (χ3v) is 7.93. The van der Waals surface area contributed by atoms with Crippen LogP contribution >= 0.6 is 0 Å². The Morgan fingerprint density at radius 3 is 2.10 bits per heavy atom. The maximum atomic E-state index is 3.59. The van der Waals surface area contributed by atoms with E-state index in [-0.39, 0.29) is 0 Å². The number of fused-ring (bicyclic) bond motifs is 3. The molecule has 0 aliphatic carbocycles. The van der Waals surface area contributed by atoms with Crippen LogP contribution in [0, 0.1) is 0 Å². The molecule has 5 aromatic carbocycles. The number of allylic oxidation sites excluding steroid dienone is 3. The van der Waals surface area contributed by atoms with Crippen LogP contribution in [0.1, 0.15) is 37.8 Å². The normalized spacial score (nSPS) is 12.0. The molecule has 208 valence electrons. The molecule has 0 atom stereocenters. The van der Waals surface area contributed by atoms with E-state index in [9.17, 15) is 0 Å². The highest BCUT2D eigenvalue weighted by atomic mass is 15.1. The van der Waals surface area contributed by atoms with Gasteiger partial charge in [-0.25, -0.2) is 0 Å². The third kappa shape index (κ3) is 5.80. The predicted octanol–water partition coefficient (Wildman–Crippen LogP) is 11.2. The summed E-state index contributed by atoms with van der Waals surface area (Å²) in [6.45, 7) is 4.45. The van der Waals surface area contributed by atoms with Gasteiger partial charge in [-0.2, -0.15) is 0 Å². The quantitative estimate of drug-likeness (QED) is 0.169. The summed E-state index contributed by atoms with van der Waals surface area (Å²) in [6.07, 6.45) is 11.1. The molecule has 0 unspecified atom stereocenters. The molecule has 0 amide bonds. The molecule has 42 heavy (non-hydrogen) atoms. The monoisotopic (exact) mass is 546 g/mol. The van der Waals surface area contributed by atoms with Crippen LogP contribution in [0.15, 0.2) is 145 Å². The maximum absolute atomic E-state index is 3.59. The fourth-order valence-electron chi connectivity index (χ4n) is 5.81. The number of hydrogen-bond acceptors (Lipinski definition) is 1. The highest BCUT2D eigenvalue weighted by Gasteiger charge is 2.16. The number of benzene rings is 5. The topological polar surface area (TPSA) is 19.0 Å². The molecule has 0 radical (unpaired) electrons. The highest BCUT2D eigenvalue weighted by Crippen LogP contribution is 2.36. The number of nitrogens with one attached hydrogen (secondary N) is 1. The lowest BCUT2D eigenvalue weighted by atomic mass is 10.00. The Hall–Kier alpha value is -4.82. The van der Waals surface area contributed by atoms with Crippen molar-refractivity contribution in [1.82, 2.24) is 4.98 Å². The van der Waals surface area contributed by atoms with Crippen molar-refractivity contribution in [3.8, 4) is 11.1 Å². The Morgan fingerprint density at radius 1 is 0.643 bits per heavy atom. The minimum atomic E-state index is 0.882. The largest absolute Gasteiger partial charge is 0.355 e. The summed E-state index contributed by atoms with van der Waals surface area (Å²) in [5.41, 5.74) is 11.1. The van der Waals surface area contributed by atoms with Gasteiger partial charge in [0.2, 0.25) is 0 Å². The van der Waals surface area contributed by atoms with Crippen LogP contribution in [-0.2, 0) is 12.8 Å². The van der Waals surface area contributed by atoms with Crippen molar-refractivity contribution in [2.75, 3.05) is 4.90 Å². The van der Waals surface area contributed by atoms with Crippen molar-refractivity contribution in [1.29, 1.82) is 0 Å². The Kier molecular flexibility index (Phi) is 8.33. The summed E-state index contributed by atoms with van der Waals surface area (Å²) in [7, 11) is 0. The summed E-state index contributed by atoms with van der Waals surface area (Å²) < 4.78 is 0. The number of aryl methyl sites for hydroxylation is 1. The molecular formula is C40H38N2. The number of aromatic amines is 1. The van der Waals surface area contributed by atoms with Gasteiger partial charge >= 0.3 is 0 Å². The first-order valence-electron chi connectivity index (χ1n) is 15.1. The van der Waals surface area contributed by atoms with Crippen LogP contribution in [0.2, 0.25) is 0 Å². The van der Waals surface area contributed by atoms with Gasteiger partial charge in [0, 0.05) is 38.9 Å². The van der Waals surface area contributed by atoms with E-state index in [4.69, 9.17) is 0 Å². The number of hydrogen-bond donors (Lipinski definition) is 1. The van der Waals surface area contributed by atoms with E-state index in [1.165, 1.54) is 38.7 Å². The zero-order valence-corrected chi connectivity index (χ0v) is 24.6. The molecule has 0 spiro atoms. The van der Waals surface area contributed by atoms with E-state index in [0.717, 1.165) is 48.1 Å². The molecule has 6 rings (SSSR count). The molecule has 0 saturated carbocycles. The van der Waals surface area contributed by atoms with Gasteiger partial charge in [0.15, 0.2) is 0 Å². The van der Waals surface area contributed by atoms with E-state index in [0.29, 0.717) is 0 Å². The average Bonchev–Trinajstić information content (AvgIpc) is 3.42. The van der Waals surface area contributed by atoms with Crippen LogP contribution in [0.4, 0.5) is 11.4 Å². The van der Waals surface area contributed by atoms with Gasteiger partial charge < -0.3 is 9.88 Å². The number of aromatic nitrogens is 1. The zero-order valence-electron chi connectivity index (χ0n) is 24.6. The van der Waals surface area contributed by atoms with Crippen LogP contribution < -0.4 is 4.90 Å². The average molecular weight is 547 g/mol. The van der Waals surface area contributed by atoms with Gasteiger partial charge in [0.1, 0.15) is 0 Å². The molecule has 0 fully saturated rings. The van der Waals surface area contributed by atoms with E-state index >= 15 is 0 Å². The van der Waals surface area contributed by atoms with Crippen molar-refractivity contribution in [2.24, 2.45) is 0 Å². The molecular weight excluding hydrogens is 508 g/mol. The second-order valence-electron chi connectivity index (χ2n) is 10.8. The predicted molar refractivity (Wildman–Crippen MR) is 181 cm³/mol. The second-order valence-corrected chi connectivity index (χ2v) is 10.8. The molecule has 1 N–H and O–H groups in total. The molecule has 0 aliphatic rings. The van der Waals surface area contributed by atoms with Crippen molar-refractivity contribution in [3.05, 3.63) is 156 Å². The van der Waals surface area contributed by atoms with E-state index in [2.05, 4.69) is 163 Å². The molecule has 0 aliphatic heterocycles. The SMILES string of the molecule is CC/C=C\C(=C/Cc1ccccc1CCC)N(c1ccc(-c2ccccc2)cc1)c1ccc2[nH]c3ccccc3c2c1. The molecule has 0 saturated heterocycles. The Bertz CT molecular complexity index is 1840. The number of anilines is 2. The van der Waals surface area contributed by atoms with Crippen molar-refractivity contribution >= 4 is 33.2 Å². The van der Waals surface area contributed by atoms with Gasteiger partial charge in [-0.3, -0.25) is 0 Å². The lowest BCUT2D eigenvalue weighted by Gasteiger charge is -2.27. The summed E-state index contributed by atoms with van der Waals surface area (Å²) in [5.74, 6) is 0. The lowest BCUT2D eigenvalue weighted by Crippen LogP contribution is -2.15. The van der Waals surface area contributed by atoms with Crippen molar-refractivity contribution in [3.63, 3.8) is 0 Å². The van der Waals surface area contributed by atoms with Crippen LogP contribution in [-0.4, -0.2) is 4.98 Å². The number of para-hydroxylation sites is 1. The van der Waals surface area contributed by atoms with Gasteiger partial charge in [-0.1, -0.05) is 117 Å². The van der Waals surface area contributed by atoms with Gasteiger partial charge in [0.25, 0.3) is 0 Å². The first-order chi connectivity index (χ1) is 20.7. The van der Waals surface area contributed by atoms with Crippen LogP contribution in [0.5, 0.6) is 0 Å². The standard InChI is InChI=1S/C40H38N2/c1-3-5-18-34(24-21-32-17-10-9-16-30(32)13-4-2)42(35-25-22-33(23-26-35)31-14-7-6-8-15-31)36-27-28-40-38(29-36)37-19-11-12-20-39(37)41-40/h5-12,14-20,22-29,41H,3-4,13,21H2,1-2H3/b18-5-,34-24+. The molecule has 1 aromatic heterocycles. The Morgan fingerprint density at radius 2 is 1.31 bits per heavy atom. The second kappa shape index (κ2) is 12.8. The molecule has 6 aromatic rings. The van der Waals surface area contributed by atoms with Gasteiger partial charge in [-0.05, 0) is 84.0 Å². The van der Waals surface area contributed by atoms with Gasteiger partial charge in [-0.15, -0.1) is 0 Å². The van der Waals surface area contributed by atoms with Crippen molar-refractivity contribution in [2.45, 2.75) is 39.5 Å². The molecule has 2 heteroatoms. The van der Waals surface area contributed by atoms with E-state index in [1.54, 1.807) is 0 Å². The smallest absolute Gasteiger partial charge is 0.0469 e. The van der Waals surface area contributed by atoms with Crippen LogP contribution in [0.25, 0.3) is 32.9 Å². The van der Waals surface area contributed by atoms with E-state index in [1.807, 2.05) is 0 Å². The number of nitrogens with zero attached hydrogens (tertiary/aromatic N) is 1. The maximum Gasteiger partial charge on any atom is 0.0469 e. The third-order valence-electron chi connectivity index (χ3n) is 7.93. The summed E-state index contributed by atoms with van der Waals surface area (Å²) >= 11 is 0. The minimum Gasteiger partial charge on any atom is -0.355 e. The Balaban J connectivity index is 1.48. The number of H-pyrrole nitrogens is 1. The molecule has 2 nitrogen and oxygen atoms in total. The van der Waals surface area contributed by atoms with Crippen molar-refractivity contribution < 1.29 is 0 Å². The highest BCUT2D eigenvalue weighted by molar-refractivity contribution is 6.08. The number of rotatable bonds is 10. The summed E-state index contributed by atoms with van der Waals surface area (Å²) in [4.78, 5) is 6.00. The molecule has 1 heterocycles. The lowest BCUT2D eigenvalue weighted by molar-refractivity contribution is 0.906. The first-order valence-corrected chi connectivity index (χ1v) is 15.1. The van der Waals surface area contributed by atoms with Gasteiger partial charge in [0.05, 0.1) is 0 Å². The summed E-state index contributed by atoms with van der Waals surface area (Å²) in [6, 6.07) is 43.8. The van der Waals surface area contributed by atoms with Crippen LogP contribution in [0.3, 0.4) is 0 Å². The Labute approximate surface area is 249 Å². The molecule has 0 bridgehead atoms. The first kappa shape index (κ1) is 27.4. The fourth-order valence-corrected chi connectivity index (χ4v) is 5.81. The summed E-state index contributed by atoms with van der Waals surface area (Å²) in [5, 5.41) is 2.48. The zero-order chi connectivity index (χ0) is 28.7. The van der Waals surface area contributed by atoms with E-state index < -0.39 is 0 Å².